The predicted octanol–water partition coefficient (Wildman–Crippen LogP) is 3.01. The van der Waals surface area contributed by atoms with Gasteiger partial charge in [0.2, 0.25) is 0 Å². The van der Waals surface area contributed by atoms with Crippen LogP contribution < -0.4 is 5.32 Å². The van der Waals surface area contributed by atoms with Gasteiger partial charge < -0.3 is 5.32 Å². The van der Waals surface area contributed by atoms with Crippen LogP contribution in [0.1, 0.15) is 0 Å². The lowest BCUT2D eigenvalue weighted by atomic mass is 10.4. The number of amides is 1. The van der Waals surface area contributed by atoms with Crippen molar-refractivity contribution < 1.29 is 4.79 Å². The molecule has 78 valence electrons. The number of alkyl halides is 2. The van der Waals surface area contributed by atoms with Crippen LogP contribution >= 0.6 is 51.5 Å². The summed E-state index contributed by atoms with van der Waals surface area (Å²) in [7, 11) is 0. The van der Waals surface area contributed by atoms with Crippen molar-refractivity contribution in [3.8, 4) is 0 Å². The van der Waals surface area contributed by atoms with Crippen LogP contribution in [0.3, 0.4) is 0 Å². The summed E-state index contributed by atoms with van der Waals surface area (Å²) in [5.74, 6) is -0.0716. The molecule has 1 amide bonds. The Bertz CT molecular complexity index is 304. The molecule has 0 saturated heterocycles. The highest BCUT2D eigenvalue weighted by Gasteiger charge is 2.11. The summed E-state index contributed by atoms with van der Waals surface area (Å²) < 4.78 is 0.832. The zero-order chi connectivity index (χ0) is 9.84. The van der Waals surface area contributed by atoms with Gasteiger partial charge in [-0.1, -0.05) is 23.2 Å². The Hall–Kier alpha value is -0.0300. The maximum atomic E-state index is 11.0. The lowest BCUT2D eigenvalue weighted by Gasteiger charge is -2.03. The molecule has 1 aromatic rings. The van der Waals surface area contributed by atoms with Crippen LogP contribution in [0.4, 0.5) is 5.82 Å². The van der Waals surface area contributed by atoms with Crippen molar-refractivity contribution in [2.45, 2.75) is 4.84 Å². The van der Waals surface area contributed by atoms with Crippen LogP contribution in [0.15, 0.2) is 22.8 Å². The van der Waals surface area contributed by atoms with Crippen molar-refractivity contribution in [2.75, 3.05) is 5.32 Å². The number of anilines is 1. The van der Waals surface area contributed by atoms with Crippen LogP contribution in [0.5, 0.6) is 0 Å². The quantitative estimate of drug-likeness (QED) is 0.851. The third kappa shape index (κ3) is 4.46. The molecule has 0 aliphatic carbocycles. The predicted molar refractivity (Wildman–Crippen MR) is 63.3 cm³/mol. The molecular weight excluding hydrogens is 314 g/mol. The third-order valence-electron chi connectivity index (χ3n) is 1.18. The van der Waals surface area contributed by atoms with Gasteiger partial charge in [0, 0.05) is 10.7 Å². The maximum absolute atomic E-state index is 11.0. The summed E-state index contributed by atoms with van der Waals surface area (Å²) >= 11 is 13.9. The average molecular weight is 320 g/mol. The van der Waals surface area contributed by atoms with Crippen LogP contribution in [-0.4, -0.2) is 15.7 Å². The van der Waals surface area contributed by atoms with Gasteiger partial charge in [-0.2, -0.15) is 0 Å². The molecule has 0 radical (unpaired) electrons. The van der Waals surface area contributed by atoms with E-state index in [4.69, 9.17) is 23.2 Å². The largest absolute Gasteiger partial charge is 0.308 e. The smallest absolute Gasteiger partial charge is 0.258 e. The molecule has 7 heteroatoms. The van der Waals surface area contributed by atoms with Crippen LogP contribution in [0.2, 0.25) is 0 Å². The van der Waals surface area contributed by atoms with E-state index in [1.54, 1.807) is 18.3 Å². The van der Waals surface area contributed by atoms with E-state index in [-0.39, 0.29) is 12.4 Å². The fourth-order valence-corrected chi connectivity index (χ4v) is 0.974. The molecule has 1 N–H and O–H groups in total. The van der Waals surface area contributed by atoms with E-state index in [9.17, 15) is 4.79 Å². The van der Waals surface area contributed by atoms with Crippen molar-refractivity contribution in [1.29, 1.82) is 0 Å². The van der Waals surface area contributed by atoms with E-state index < -0.39 is 10.7 Å². The highest BCUT2D eigenvalue weighted by molar-refractivity contribution is 9.10. The molecule has 0 aliphatic heterocycles. The molecule has 0 aliphatic rings. The Morgan fingerprint density at radius 2 is 2.14 bits per heavy atom. The average Bonchev–Trinajstić information content (AvgIpc) is 2.08. The summed E-state index contributed by atoms with van der Waals surface area (Å²) in [6, 6.07) is 3.39. The summed E-state index contributed by atoms with van der Waals surface area (Å²) in [5, 5.41) is 2.43. The number of nitrogens with zero attached hydrogens (tertiary/aromatic N) is 1. The van der Waals surface area contributed by atoms with Gasteiger partial charge in [0.15, 0.2) is 4.84 Å². The molecule has 1 heterocycles. The molecule has 0 aromatic carbocycles. The normalized spacial score (nSPS) is 9.43. The number of hydrogen-bond donors (Lipinski definition) is 1. The van der Waals surface area contributed by atoms with E-state index in [1.807, 2.05) is 0 Å². The minimum Gasteiger partial charge on any atom is -0.308 e. The van der Waals surface area contributed by atoms with Gasteiger partial charge in [0.25, 0.3) is 5.91 Å². The lowest BCUT2D eigenvalue weighted by molar-refractivity contribution is -0.114. The topological polar surface area (TPSA) is 42.0 Å². The first-order valence-electron chi connectivity index (χ1n) is 3.30. The number of hydrogen-bond acceptors (Lipinski definition) is 2. The second-order valence-electron chi connectivity index (χ2n) is 2.15. The molecule has 0 bridgehead atoms. The van der Waals surface area contributed by atoms with E-state index in [1.165, 1.54) is 0 Å². The fourth-order valence-electron chi connectivity index (χ4n) is 0.631. The van der Waals surface area contributed by atoms with Crippen molar-refractivity contribution in [3.05, 3.63) is 22.8 Å². The lowest BCUT2D eigenvalue weighted by Crippen LogP contribution is -2.19. The second kappa shape index (κ2) is 6.45. The molecule has 3 nitrogen and oxygen atoms in total. The Morgan fingerprint density at radius 3 is 2.57 bits per heavy atom. The Morgan fingerprint density at radius 1 is 1.50 bits per heavy atom. The SMILES string of the molecule is Cl.O=C(Nc1ccc(Br)cn1)C(Cl)Cl. The molecule has 0 atom stereocenters. The first-order valence-corrected chi connectivity index (χ1v) is 4.97. The Kier molecular flexibility index (Phi) is 6.44. The molecule has 1 rings (SSSR count). The molecule has 0 spiro atoms. The molecule has 14 heavy (non-hydrogen) atoms. The highest BCUT2D eigenvalue weighted by atomic mass is 79.9. The van der Waals surface area contributed by atoms with Crippen molar-refractivity contribution in [2.24, 2.45) is 0 Å². The molecule has 0 saturated carbocycles. The van der Waals surface area contributed by atoms with Gasteiger partial charge in [-0.25, -0.2) is 4.98 Å². The minimum atomic E-state index is -1.08. The Labute approximate surface area is 106 Å². The van der Waals surface area contributed by atoms with Gasteiger partial charge >= 0.3 is 0 Å². The van der Waals surface area contributed by atoms with Crippen molar-refractivity contribution in [1.82, 2.24) is 4.98 Å². The zero-order valence-electron chi connectivity index (χ0n) is 6.71. The standard InChI is InChI=1S/C7H5BrCl2N2O.ClH/c8-4-1-2-5(11-3-4)12-7(13)6(9)10;/h1-3,6H,(H,11,12,13);1H. The van der Waals surface area contributed by atoms with Gasteiger partial charge in [-0.3, -0.25) is 4.79 Å². The van der Waals surface area contributed by atoms with Gasteiger partial charge in [-0.15, -0.1) is 12.4 Å². The third-order valence-corrected chi connectivity index (χ3v) is 2.04. The highest BCUT2D eigenvalue weighted by Crippen LogP contribution is 2.12. The number of carbonyl (C=O) groups is 1. The number of halogens is 4. The monoisotopic (exact) mass is 318 g/mol. The minimum absolute atomic E-state index is 0. The second-order valence-corrected chi connectivity index (χ2v) is 4.16. The van der Waals surface area contributed by atoms with Crippen molar-refractivity contribution >= 4 is 63.3 Å². The summed E-state index contributed by atoms with van der Waals surface area (Å²) in [6.07, 6.45) is 1.56. The number of nitrogens with one attached hydrogen (secondary N) is 1. The van der Waals surface area contributed by atoms with E-state index in [0.717, 1.165) is 4.47 Å². The number of pyridine rings is 1. The number of carbonyl (C=O) groups excluding carboxylic acids is 1. The van der Waals surface area contributed by atoms with Gasteiger partial charge in [0.1, 0.15) is 5.82 Å². The molecule has 1 aromatic heterocycles. The molecule has 0 unspecified atom stereocenters. The van der Waals surface area contributed by atoms with Crippen LogP contribution in [-0.2, 0) is 4.79 Å². The Balaban J connectivity index is 0.00000169. The first-order chi connectivity index (χ1) is 6.09. The maximum Gasteiger partial charge on any atom is 0.258 e. The van der Waals surface area contributed by atoms with Crippen LogP contribution in [0.25, 0.3) is 0 Å². The molecule has 0 fully saturated rings. The molecular formula is C7H6BrCl3N2O. The summed E-state index contributed by atoms with van der Waals surface area (Å²) in [6.45, 7) is 0. The number of rotatable bonds is 2. The van der Waals surface area contributed by atoms with E-state index in [0.29, 0.717) is 5.82 Å². The van der Waals surface area contributed by atoms with Crippen LogP contribution in [0, 0.1) is 0 Å². The zero-order valence-corrected chi connectivity index (χ0v) is 10.6. The fraction of sp³-hybridized carbons (Fsp3) is 0.143. The van der Waals surface area contributed by atoms with Gasteiger partial charge in [0.05, 0.1) is 0 Å². The van der Waals surface area contributed by atoms with Crippen molar-refractivity contribution in [3.63, 3.8) is 0 Å². The number of aromatic nitrogens is 1. The van der Waals surface area contributed by atoms with E-state index >= 15 is 0 Å². The van der Waals surface area contributed by atoms with E-state index in [2.05, 4.69) is 26.2 Å². The van der Waals surface area contributed by atoms with Gasteiger partial charge in [-0.05, 0) is 28.1 Å². The summed E-state index contributed by atoms with van der Waals surface area (Å²) in [5.41, 5.74) is 0. The first kappa shape index (κ1) is 14.0. The summed E-state index contributed by atoms with van der Waals surface area (Å²) in [4.78, 5) is 13.8.